The first kappa shape index (κ1) is 13.6. The van der Waals surface area contributed by atoms with Gasteiger partial charge in [0.05, 0.1) is 11.0 Å². The van der Waals surface area contributed by atoms with Gasteiger partial charge in [0.1, 0.15) is 5.69 Å². The highest BCUT2D eigenvalue weighted by Gasteiger charge is 2.05. The van der Waals surface area contributed by atoms with Crippen molar-refractivity contribution >= 4 is 34.8 Å². The van der Waals surface area contributed by atoms with Gasteiger partial charge in [0.2, 0.25) is 0 Å². The van der Waals surface area contributed by atoms with Crippen LogP contribution in [0.25, 0.3) is 23.2 Å². The molecule has 0 spiro atoms. The molecule has 0 unspecified atom stereocenters. The lowest BCUT2D eigenvalue weighted by molar-refractivity contribution is 0.887. The summed E-state index contributed by atoms with van der Waals surface area (Å²) in [6.45, 7) is 0. The molecule has 0 bridgehead atoms. The number of fused-ring (bicyclic) bond motifs is 1. The van der Waals surface area contributed by atoms with Crippen molar-refractivity contribution in [2.24, 2.45) is 7.05 Å². The molecule has 0 saturated carbocycles. The molecule has 0 radical (unpaired) electrons. The molecular formula is C17H13ClN2O. The molecule has 0 amide bonds. The fraction of sp³-hybridized carbons (Fsp3) is 0.0588. The first-order valence-electron chi connectivity index (χ1n) is 6.54. The largest absolute Gasteiger partial charge is 0.308 e. The molecule has 4 heteroatoms. The van der Waals surface area contributed by atoms with Crippen LogP contribution in [-0.4, -0.2) is 9.55 Å². The molecule has 1 aromatic heterocycles. The summed E-state index contributed by atoms with van der Waals surface area (Å²) in [4.78, 5) is 16.7. The summed E-state index contributed by atoms with van der Waals surface area (Å²) in [6.07, 6.45) is 3.56. The van der Waals surface area contributed by atoms with Gasteiger partial charge in [-0.3, -0.25) is 4.79 Å². The van der Waals surface area contributed by atoms with Gasteiger partial charge in [-0.2, -0.15) is 0 Å². The van der Waals surface area contributed by atoms with Crippen molar-refractivity contribution in [1.29, 1.82) is 0 Å². The number of hydrogen-bond acceptors (Lipinski definition) is 2. The van der Waals surface area contributed by atoms with Gasteiger partial charge in [-0.05, 0) is 35.9 Å². The number of aromatic nitrogens is 2. The summed E-state index contributed by atoms with van der Waals surface area (Å²) < 4.78 is 1.61. The molecule has 104 valence electrons. The Bertz CT molecular complexity index is 897. The molecule has 0 aliphatic rings. The lowest BCUT2D eigenvalue weighted by Crippen LogP contribution is -2.21. The summed E-state index contributed by atoms with van der Waals surface area (Å²) in [5.74, 6) is 0. The fourth-order valence-electron chi connectivity index (χ4n) is 2.20. The molecule has 0 aliphatic carbocycles. The van der Waals surface area contributed by atoms with E-state index in [4.69, 9.17) is 11.6 Å². The van der Waals surface area contributed by atoms with Crippen LogP contribution in [0.2, 0.25) is 5.02 Å². The first-order chi connectivity index (χ1) is 10.1. The van der Waals surface area contributed by atoms with E-state index >= 15 is 0 Å². The molecule has 21 heavy (non-hydrogen) atoms. The number of halogens is 1. The SMILES string of the molecule is Cn1c(=O)c(/C=C/c2cccc(Cl)c2)nc2ccccc21. The van der Waals surface area contributed by atoms with E-state index in [9.17, 15) is 4.79 Å². The molecule has 3 aromatic rings. The van der Waals surface area contributed by atoms with E-state index in [-0.39, 0.29) is 5.56 Å². The predicted octanol–water partition coefficient (Wildman–Crippen LogP) is 3.76. The second-order valence-electron chi connectivity index (χ2n) is 4.74. The van der Waals surface area contributed by atoms with Crippen LogP contribution in [0.3, 0.4) is 0 Å². The maximum Gasteiger partial charge on any atom is 0.276 e. The molecule has 0 fully saturated rings. The second kappa shape index (κ2) is 5.54. The molecule has 3 rings (SSSR count). The quantitative estimate of drug-likeness (QED) is 0.722. The van der Waals surface area contributed by atoms with E-state index < -0.39 is 0 Å². The Kier molecular flexibility index (Phi) is 3.59. The molecular weight excluding hydrogens is 284 g/mol. The van der Waals surface area contributed by atoms with Crippen molar-refractivity contribution in [2.45, 2.75) is 0 Å². The number of aryl methyl sites for hydroxylation is 1. The van der Waals surface area contributed by atoms with Gasteiger partial charge < -0.3 is 4.57 Å². The van der Waals surface area contributed by atoms with Gasteiger partial charge in [0, 0.05) is 12.1 Å². The van der Waals surface area contributed by atoms with Gasteiger partial charge >= 0.3 is 0 Å². The van der Waals surface area contributed by atoms with Gasteiger partial charge in [0.15, 0.2) is 0 Å². The third-order valence-electron chi connectivity index (χ3n) is 3.29. The highest BCUT2D eigenvalue weighted by molar-refractivity contribution is 6.30. The van der Waals surface area contributed by atoms with Crippen molar-refractivity contribution < 1.29 is 0 Å². The topological polar surface area (TPSA) is 34.9 Å². The Balaban J connectivity index is 2.09. The zero-order valence-electron chi connectivity index (χ0n) is 11.5. The van der Waals surface area contributed by atoms with Gasteiger partial charge in [0.25, 0.3) is 5.56 Å². The molecule has 2 aromatic carbocycles. The number of nitrogens with zero attached hydrogens (tertiary/aromatic N) is 2. The number of benzene rings is 2. The molecule has 0 atom stereocenters. The average molecular weight is 297 g/mol. The van der Waals surface area contributed by atoms with E-state index in [0.29, 0.717) is 10.7 Å². The summed E-state index contributed by atoms with van der Waals surface area (Å²) in [6, 6.07) is 15.0. The van der Waals surface area contributed by atoms with E-state index in [1.165, 1.54) is 0 Å². The predicted molar refractivity (Wildman–Crippen MR) is 87.4 cm³/mol. The van der Waals surface area contributed by atoms with E-state index in [2.05, 4.69) is 4.98 Å². The molecule has 1 heterocycles. The smallest absolute Gasteiger partial charge is 0.276 e. The standard InChI is InChI=1S/C17H13ClN2O/c1-20-16-8-3-2-7-14(16)19-15(17(20)21)10-9-12-5-4-6-13(18)11-12/h2-11H,1H3/b10-9+. The minimum Gasteiger partial charge on any atom is -0.308 e. The van der Waals surface area contributed by atoms with E-state index in [1.54, 1.807) is 17.7 Å². The van der Waals surface area contributed by atoms with Crippen LogP contribution in [0.4, 0.5) is 0 Å². The fourth-order valence-corrected chi connectivity index (χ4v) is 2.39. The number of rotatable bonds is 2. The molecule has 0 N–H and O–H groups in total. The van der Waals surface area contributed by atoms with Crippen molar-refractivity contribution in [3.05, 3.63) is 75.2 Å². The lowest BCUT2D eigenvalue weighted by Gasteiger charge is -2.05. The van der Waals surface area contributed by atoms with Crippen LogP contribution >= 0.6 is 11.6 Å². The lowest BCUT2D eigenvalue weighted by atomic mass is 10.2. The normalized spacial score (nSPS) is 11.3. The van der Waals surface area contributed by atoms with E-state index in [1.807, 2.05) is 54.6 Å². The molecule has 3 nitrogen and oxygen atoms in total. The maximum absolute atomic E-state index is 12.3. The average Bonchev–Trinajstić information content (AvgIpc) is 2.50. The van der Waals surface area contributed by atoms with Crippen molar-refractivity contribution in [2.75, 3.05) is 0 Å². The van der Waals surface area contributed by atoms with Crippen LogP contribution in [-0.2, 0) is 7.05 Å². The third kappa shape index (κ3) is 2.73. The van der Waals surface area contributed by atoms with Crippen LogP contribution < -0.4 is 5.56 Å². The Morgan fingerprint density at radius 3 is 2.71 bits per heavy atom. The summed E-state index contributed by atoms with van der Waals surface area (Å²) >= 11 is 5.95. The zero-order chi connectivity index (χ0) is 14.8. The summed E-state index contributed by atoms with van der Waals surface area (Å²) in [7, 11) is 1.75. The third-order valence-corrected chi connectivity index (χ3v) is 3.53. The van der Waals surface area contributed by atoms with Crippen LogP contribution in [0.5, 0.6) is 0 Å². The first-order valence-corrected chi connectivity index (χ1v) is 6.92. The Labute approximate surface area is 127 Å². The zero-order valence-corrected chi connectivity index (χ0v) is 12.2. The monoisotopic (exact) mass is 296 g/mol. The van der Waals surface area contributed by atoms with Crippen molar-refractivity contribution in [3.63, 3.8) is 0 Å². The van der Waals surface area contributed by atoms with Gasteiger partial charge in [-0.25, -0.2) is 4.98 Å². The molecule has 0 saturated heterocycles. The van der Waals surface area contributed by atoms with Crippen LogP contribution in [0.1, 0.15) is 11.3 Å². The van der Waals surface area contributed by atoms with E-state index in [0.717, 1.165) is 16.6 Å². The Morgan fingerprint density at radius 2 is 1.90 bits per heavy atom. The minimum atomic E-state index is -0.119. The van der Waals surface area contributed by atoms with Crippen molar-refractivity contribution in [1.82, 2.24) is 9.55 Å². The highest BCUT2D eigenvalue weighted by atomic mass is 35.5. The summed E-state index contributed by atoms with van der Waals surface area (Å²) in [5, 5.41) is 0.663. The van der Waals surface area contributed by atoms with Gasteiger partial charge in [-0.15, -0.1) is 0 Å². The molecule has 0 aliphatic heterocycles. The van der Waals surface area contributed by atoms with Gasteiger partial charge in [-0.1, -0.05) is 41.9 Å². The Hall–Kier alpha value is -2.39. The van der Waals surface area contributed by atoms with Crippen molar-refractivity contribution in [3.8, 4) is 0 Å². The number of para-hydroxylation sites is 2. The highest BCUT2D eigenvalue weighted by Crippen LogP contribution is 2.14. The number of hydrogen-bond donors (Lipinski definition) is 0. The summed E-state index contributed by atoms with van der Waals surface area (Å²) in [5.41, 5.74) is 2.84. The minimum absolute atomic E-state index is 0.119. The van der Waals surface area contributed by atoms with Crippen LogP contribution in [0.15, 0.2) is 53.3 Å². The second-order valence-corrected chi connectivity index (χ2v) is 5.17. The Morgan fingerprint density at radius 1 is 1.10 bits per heavy atom. The van der Waals surface area contributed by atoms with Crippen LogP contribution in [0, 0.1) is 0 Å². The maximum atomic E-state index is 12.3.